The number of hydrogen-bond acceptors (Lipinski definition) is 3. The van der Waals surface area contributed by atoms with E-state index in [0.29, 0.717) is 0 Å². The number of unbranched alkanes of at least 4 members (excludes halogenated alkanes) is 1. The Kier molecular flexibility index (Phi) is 5.87. The number of aryl methyl sites for hydroxylation is 1. The van der Waals surface area contributed by atoms with Gasteiger partial charge < -0.3 is 9.88 Å². The first-order chi connectivity index (χ1) is 10.2. The standard InChI is InChI=1S/C16H23FN4/c1-3-4-5-15(13-6-8-14(17)9-7-13)18-11-10-16-20-19-12-21(16)2/h6-9,12,15,18H,3-5,10-11H2,1-2H3. The van der Waals surface area contributed by atoms with E-state index in [1.54, 1.807) is 6.33 Å². The molecule has 2 rings (SSSR count). The highest BCUT2D eigenvalue weighted by Gasteiger charge is 2.11. The summed E-state index contributed by atoms with van der Waals surface area (Å²) in [6.07, 6.45) is 5.91. The molecule has 0 bridgehead atoms. The summed E-state index contributed by atoms with van der Waals surface area (Å²) in [4.78, 5) is 0. The summed E-state index contributed by atoms with van der Waals surface area (Å²) in [5.74, 6) is 0.780. The summed E-state index contributed by atoms with van der Waals surface area (Å²) in [6, 6.07) is 7.05. The summed E-state index contributed by atoms with van der Waals surface area (Å²) in [6.45, 7) is 3.01. The minimum Gasteiger partial charge on any atom is -0.321 e. The molecule has 0 fully saturated rings. The van der Waals surface area contributed by atoms with Crippen LogP contribution in [0.4, 0.5) is 4.39 Å². The third-order valence-electron chi connectivity index (χ3n) is 3.66. The van der Waals surface area contributed by atoms with Crippen LogP contribution < -0.4 is 5.32 Å². The molecule has 1 N–H and O–H groups in total. The molecule has 0 radical (unpaired) electrons. The van der Waals surface area contributed by atoms with Crippen LogP contribution >= 0.6 is 0 Å². The van der Waals surface area contributed by atoms with Crippen molar-refractivity contribution in [3.63, 3.8) is 0 Å². The molecule has 0 aliphatic heterocycles. The molecular weight excluding hydrogens is 267 g/mol. The Hall–Kier alpha value is -1.75. The highest BCUT2D eigenvalue weighted by atomic mass is 19.1. The van der Waals surface area contributed by atoms with Crippen molar-refractivity contribution in [1.82, 2.24) is 20.1 Å². The van der Waals surface area contributed by atoms with Gasteiger partial charge in [-0.1, -0.05) is 31.9 Å². The lowest BCUT2D eigenvalue weighted by atomic mass is 10.0. The second-order valence-electron chi connectivity index (χ2n) is 5.31. The molecule has 0 amide bonds. The smallest absolute Gasteiger partial charge is 0.133 e. The van der Waals surface area contributed by atoms with Crippen molar-refractivity contribution in [3.8, 4) is 0 Å². The molecule has 21 heavy (non-hydrogen) atoms. The van der Waals surface area contributed by atoms with Gasteiger partial charge in [0.1, 0.15) is 18.0 Å². The van der Waals surface area contributed by atoms with E-state index in [1.165, 1.54) is 12.1 Å². The van der Waals surface area contributed by atoms with Crippen molar-refractivity contribution in [2.24, 2.45) is 7.05 Å². The Labute approximate surface area is 125 Å². The lowest BCUT2D eigenvalue weighted by Crippen LogP contribution is -2.24. The Balaban J connectivity index is 1.93. The highest BCUT2D eigenvalue weighted by Crippen LogP contribution is 2.19. The minimum absolute atomic E-state index is 0.188. The third-order valence-corrected chi connectivity index (χ3v) is 3.66. The van der Waals surface area contributed by atoms with Gasteiger partial charge in [-0.05, 0) is 24.1 Å². The molecule has 1 aromatic carbocycles. The minimum atomic E-state index is -0.188. The molecule has 2 aromatic rings. The Bertz CT molecular complexity index is 535. The number of rotatable bonds is 8. The van der Waals surface area contributed by atoms with Gasteiger partial charge in [-0.2, -0.15) is 0 Å². The van der Waals surface area contributed by atoms with Crippen LogP contribution in [-0.2, 0) is 13.5 Å². The monoisotopic (exact) mass is 290 g/mol. The number of hydrogen-bond donors (Lipinski definition) is 1. The molecule has 114 valence electrons. The molecule has 0 saturated heterocycles. The maximum absolute atomic E-state index is 13.0. The van der Waals surface area contributed by atoms with Crippen LogP contribution in [0.2, 0.25) is 0 Å². The van der Waals surface area contributed by atoms with Crippen LogP contribution in [0.25, 0.3) is 0 Å². The van der Waals surface area contributed by atoms with E-state index >= 15 is 0 Å². The van der Waals surface area contributed by atoms with E-state index in [4.69, 9.17) is 0 Å². The second-order valence-corrected chi connectivity index (χ2v) is 5.31. The zero-order valence-electron chi connectivity index (χ0n) is 12.7. The van der Waals surface area contributed by atoms with Gasteiger partial charge >= 0.3 is 0 Å². The molecule has 1 unspecified atom stereocenters. The fraction of sp³-hybridized carbons (Fsp3) is 0.500. The Morgan fingerprint density at radius 1 is 1.29 bits per heavy atom. The van der Waals surface area contributed by atoms with E-state index in [1.807, 2.05) is 23.7 Å². The zero-order chi connectivity index (χ0) is 15.1. The van der Waals surface area contributed by atoms with Crippen molar-refractivity contribution in [3.05, 3.63) is 47.8 Å². The van der Waals surface area contributed by atoms with E-state index < -0.39 is 0 Å². The average molecular weight is 290 g/mol. The number of nitrogens with zero attached hydrogens (tertiary/aromatic N) is 3. The van der Waals surface area contributed by atoms with Gasteiger partial charge in [0.2, 0.25) is 0 Å². The quantitative estimate of drug-likeness (QED) is 0.812. The first-order valence-electron chi connectivity index (χ1n) is 7.52. The molecule has 5 heteroatoms. The largest absolute Gasteiger partial charge is 0.321 e. The van der Waals surface area contributed by atoms with Crippen LogP contribution in [0.15, 0.2) is 30.6 Å². The Morgan fingerprint density at radius 3 is 2.67 bits per heavy atom. The summed E-state index contributed by atoms with van der Waals surface area (Å²) >= 11 is 0. The van der Waals surface area contributed by atoms with Crippen LogP contribution in [0, 0.1) is 5.82 Å². The van der Waals surface area contributed by atoms with E-state index in [0.717, 1.165) is 43.6 Å². The topological polar surface area (TPSA) is 42.7 Å². The first-order valence-corrected chi connectivity index (χ1v) is 7.52. The Morgan fingerprint density at radius 2 is 2.05 bits per heavy atom. The molecule has 1 aromatic heterocycles. The van der Waals surface area contributed by atoms with E-state index in [-0.39, 0.29) is 11.9 Å². The predicted molar refractivity (Wildman–Crippen MR) is 81.4 cm³/mol. The van der Waals surface area contributed by atoms with Crippen LogP contribution in [0.3, 0.4) is 0 Å². The van der Waals surface area contributed by atoms with Crippen molar-refractivity contribution in [1.29, 1.82) is 0 Å². The summed E-state index contributed by atoms with van der Waals surface area (Å²) in [5.41, 5.74) is 1.14. The van der Waals surface area contributed by atoms with Gasteiger partial charge in [0, 0.05) is 26.1 Å². The maximum atomic E-state index is 13.0. The van der Waals surface area contributed by atoms with Gasteiger partial charge in [0.05, 0.1) is 0 Å². The average Bonchev–Trinajstić information content (AvgIpc) is 2.89. The van der Waals surface area contributed by atoms with Crippen LogP contribution in [-0.4, -0.2) is 21.3 Å². The van der Waals surface area contributed by atoms with Gasteiger partial charge in [-0.15, -0.1) is 10.2 Å². The summed E-state index contributed by atoms with van der Waals surface area (Å²) in [5, 5.41) is 11.5. The lowest BCUT2D eigenvalue weighted by molar-refractivity contribution is 0.479. The molecule has 0 spiro atoms. The zero-order valence-corrected chi connectivity index (χ0v) is 12.7. The van der Waals surface area contributed by atoms with E-state index in [2.05, 4.69) is 22.4 Å². The lowest BCUT2D eigenvalue weighted by Gasteiger charge is -2.19. The van der Waals surface area contributed by atoms with E-state index in [9.17, 15) is 4.39 Å². The fourth-order valence-electron chi connectivity index (χ4n) is 2.38. The fourth-order valence-corrected chi connectivity index (χ4v) is 2.38. The second kappa shape index (κ2) is 7.88. The number of aromatic nitrogens is 3. The van der Waals surface area contributed by atoms with Crippen molar-refractivity contribution < 1.29 is 4.39 Å². The van der Waals surface area contributed by atoms with Gasteiger partial charge in [0.15, 0.2) is 0 Å². The van der Waals surface area contributed by atoms with Crippen molar-refractivity contribution >= 4 is 0 Å². The van der Waals surface area contributed by atoms with Gasteiger partial charge in [-0.25, -0.2) is 4.39 Å². The normalized spacial score (nSPS) is 12.5. The van der Waals surface area contributed by atoms with Crippen LogP contribution in [0.1, 0.15) is 43.6 Å². The summed E-state index contributed by atoms with van der Waals surface area (Å²) in [7, 11) is 1.95. The third kappa shape index (κ3) is 4.63. The molecular formula is C16H23FN4. The first kappa shape index (κ1) is 15.6. The highest BCUT2D eigenvalue weighted by molar-refractivity contribution is 5.19. The molecule has 0 aliphatic rings. The van der Waals surface area contributed by atoms with Crippen LogP contribution in [0.5, 0.6) is 0 Å². The van der Waals surface area contributed by atoms with Gasteiger partial charge in [0.25, 0.3) is 0 Å². The molecule has 0 aliphatic carbocycles. The number of nitrogens with one attached hydrogen (secondary N) is 1. The molecule has 1 atom stereocenters. The molecule has 4 nitrogen and oxygen atoms in total. The number of benzene rings is 1. The maximum Gasteiger partial charge on any atom is 0.133 e. The molecule has 0 saturated carbocycles. The predicted octanol–water partition coefficient (Wildman–Crippen LogP) is 3.02. The van der Waals surface area contributed by atoms with Crippen molar-refractivity contribution in [2.45, 2.75) is 38.6 Å². The molecule has 1 heterocycles. The van der Waals surface area contributed by atoms with Gasteiger partial charge in [-0.3, -0.25) is 0 Å². The number of halogens is 1. The SMILES string of the molecule is CCCCC(NCCc1nncn1C)c1ccc(F)cc1. The van der Waals surface area contributed by atoms with Crippen molar-refractivity contribution in [2.75, 3.05) is 6.54 Å². The summed E-state index contributed by atoms with van der Waals surface area (Å²) < 4.78 is 15.0.